The molecule has 7 heteroatoms. The number of hydrogen-bond acceptors (Lipinski definition) is 3. The van der Waals surface area contributed by atoms with E-state index in [0.717, 1.165) is 12.1 Å². The van der Waals surface area contributed by atoms with Crippen molar-refractivity contribution in [1.29, 1.82) is 0 Å². The number of rotatable bonds is 5. The zero-order chi connectivity index (χ0) is 12.2. The van der Waals surface area contributed by atoms with Gasteiger partial charge in [0.25, 0.3) is 0 Å². The average Bonchev–Trinajstić information content (AvgIpc) is 2.13. The summed E-state index contributed by atoms with van der Waals surface area (Å²) in [6.07, 6.45) is 0.142. The van der Waals surface area contributed by atoms with Crippen LogP contribution in [-0.4, -0.2) is 20.8 Å². The van der Waals surface area contributed by atoms with Gasteiger partial charge in [0.15, 0.2) is 11.6 Å². The van der Waals surface area contributed by atoms with Crippen molar-refractivity contribution in [3.63, 3.8) is 0 Å². The van der Waals surface area contributed by atoms with Gasteiger partial charge in [-0.15, -0.1) is 0 Å². The fourth-order valence-electron chi connectivity index (χ4n) is 1.01. The molecule has 1 rings (SSSR count). The molecule has 0 radical (unpaired) electrons. The lowest BCUT2D eigenvalue weighted by atomic mass is 10.3. The zero-order valence-corrected chi connectivity index (χ0v) is 9.69. The van der Waals surface area contributed by atoms with Crippen molar-refractivity contribution < 1.29 is 21.9 Å². The van der Waals surface area contributed by atoms with Gasteiger partial charge < -0.3 is 4.74 Å². The first-order valence-corrected chi connectivity index (χ1v) is 6.86. The minimum absolute atomic E-state index is 0.00545. The highest BCUT2D eigenvalue weighted by Gasteiger charge is 2.07. The molecule has 0 aliphatic rings. The van der Waals surface area contributed by atoms with Gasteiger partial charge in [-0.2, -0.15) is 0 Å². The van der Waals surface area contributed by atoms with Crippen LogP contribution in [0.15, 0.2) is 18.2 Å². The second kappa shape index (κ2) is 5.45. The summed E-state index contributed by atoms with van der Waals surface area (Å²) in [5.74, 6) is -1.90. The van der Waals surface area contributed by atoms with Crippen LogP contribution in [0.2, 0.25) is 0 Å². The summed E-state index contributed by atoms with van der Waals surface area (Å²) in [5.41, 5.74) is 0. The molecule has 0 saturated heterocycles. The fourth-order valence-corrected chi connectivity index (χ4v) is 1.80. The molecular formula is C9H9ClF2O3S. The molecule has 0 spiro atoms. The summed E-state index contributed by atoms with van der Waals surface area (Å²) < 4.78 is 51.5. The Morgan fingerprint density at radius 2 is 2.00 bits per heavy atom. The van der Waals surface area contributed by atoms with Gasteiger partial charge in [-0.1, -0.05) is 0 Å². The van der Waals surface area contributed by atoms with Crippen molar-refractivity contribution in [3.8, 4) is 5.75 Å². The van der Waals surface area contributed by atoms with E-state index in [1.807, 2.05) is 0 Å². The van der Waals surface area contributed by atoms with Crippen LogP contribution in [-0.2, 0) is 9.05 Å². The Balaban J connectivity index is 2.43. The minimum atomic E-state index is -3.56. The summed E-state index contributed by atoms with van der Waals surface area (Å²) in [5, 5.41) is 0. The topological polar surface area (TPSA) is 43.4 Å². The normalized spacial score (nSPS) is 11.4. The third kappa shape index (κ3) is 4.76. The molecule has 0 aromatic heterocycles. The van der Waals surface area contributed by atoms with E-state index in [1.165, 1.54) is 0 Å². The predicted molar refractivity (Wildman–Crippen MR) is 56.1 cm³/mol. The maximum absolute atomic E-state index is 13.0. The quantitative estimate of drug-likeness (QED) is 0.609. The van der Waals surface area contributed by atoms with E-state index in [9.17, 15) is 17.2 Å². The Morgan fingerprint density at radius 1 is 1.31 bits per heavy atom. The van der Waals surface area contributed by atoms with Crippen LogP contribution in [0.5, 0.6) is 5.75 Å². The van der Waals surface area contributed by atoms with Gasteiger partial charge in [0.1, 0.15) is 5.82 Å². The van der Waals surface area contributed by atoms with E-state index < -0.39 is 20.7 Å². The summed E-state index contributed by atoms with van der Waals surface area (Å²) >= 11 is 0. The summed E-state index contributed by atoms with van der Waals surface area (Å²) in [6.45, 7) is -0.00545. The third-order valence-corrected chi connectivity index (χ3v) is 2.92. The molecule has 1 aromatic rings. The molecule has 3 nitrogen and oxygen atoms in total. The molecule has 1 aromatic carbocycles. The number of hydrogen-bond donors (Lipinski definition) is 0. The summed E-state index contributed by atoms with van der Waals surface area (Å²) in [7, 11) is 1.40. The van der Waals surface area contributed by atoms with Crippen LogP contribution in [0, 0.1) is 11.6 Å². The van der Waals surface area contributed by atoms with E-state index in [1.54, 1.807) is 0 Å². The molecule has 16 heavy (non-hydrogen) atoms. The highest BCUT2D eigenvalue weighted by Crippen LogP contribution is 2.17. The van der Waals surface area contributed by atoms with Crippen LogP contribution in [0.25, 0.3) is 0 Å². The van der Waals surface area contributed by atoms with E-state index in [-0.39, 0.29) is 24.5 Å². The highest BCUT2D eigenvalue weighted by molar-refractivity contribution is 8.13. The minimum Gasteiger partial charge on any atom is -0.490 e. The van der Waals surface area contributed by atoms with Gasteiger partial charge in [-0.05, 0) is 18.6 Å². The van der Waals surface area contributed by atoms with Crippen molar-refractivity contribution in [2.45, 2.75) is 6.42 Å². The van der Waals surface area contributed by atoms with Crippen LogP contribution in [0.1, 0.15) is 6.42 Å². The second-order valence-electron chi connectivity index (χ2n) is 3.02. The summed E-state index contributed by atoms with van der Waals surface area (Å²) in [4.78, 5) is 0. The molecule has 0 aliphatic carbocycles. The molecule has 0 saturated carbocycles. The maximum Gasteiger partial charge on any atom is 0.232 e. The molecule has 0 fully saturated rings. The lowest BCUT2D eigenvalue weighted by Crippen LogP contribution is -2.05. The van der Waals surface area contributed by atoms with E-state index in [2.05, 4.69) is 0 Å². The number of halogens is 3. The second-order valence-corrected chi connectivity index (χ2v) is 5.92. The smallest absolute Gasteiger partial charge is 0.232 e. The first-order valence-electron chi connectivity index (χ1n) is 4.39. The van der Waals surface area contributed by atoms with Crippen LogP contribution >= 0.6 is 10.7 Å². The maximum atomic E-state index is 13.0. The van der Waals surface area contributed by atoms with Crippen LogP contribution < -0.4 is 4.74 Å². The predicted octanol–water partition coefficient (Wildman–Crippen LogP) is 2.30. The molecule has 0 amide bonds. The first-order chi connectivity index (χ1) is 7.38. The Kier molecular flexibility index (Phi) is 4.49. The molecule has 0 unspecified atom stereocenters. The highest BCUT2D eigenvalue weighted by atomic mass is 35.7. The molecular weight excluding hydrogens is 262 g/mol. The van der Waals surface area contributed by atoms with Crippen LogP contribution in [0.3, 0.4) is 0 Å². The summed E-state index contributed by atoms with van der Waals surface area (Å²) in [6, 6.07) is 2.88. The van der Waals surface area contributed by atoms with Crippen molar-refractivity contribution in [2.75, 3.05) is 12.4 Å². The van der Waals surface area contributed by atoms with E-state index >= 15 is 0 Å². The molecule has 90 valence electrons. The Hall–Kier alpha value is -0.880. The van der Waals surface area contributed by atoms with Gasteiger partial charge in [0.2, 0.25) is 9.05 Å². The van der Waals surface area contributed by atoms with Crippen LogP contribution in [0.4, 0.5) is 8.78 Å². The third-order valence-electron chi connectivity index (χ3n) is 1.68. The lowest BCUT2D eigenvalue weighted by molar-refractivity contribution is 0.301. The van der Waals surface area contributed by atoms with Gasteiger partial charge >= 0.3 is 0 Å². The van der Waals surface area contributed by atoms with Crippen molar-refractivity contribution in [2.24, 2.45) is 0 Å². The largest absolute Gasteiger partial charge is 0.490 e. The van der Waals surface area contributed by atoms with Crippen molar-refractivity contribution in [1.82, 2.24) is 0 Å². The first kappa shape index (κ1) is 13.2. The Bertz CT molecular complexity index is 462. The average molecular weight is 271 g/mol. The standard InChI is InChI=1S/C9H9ClF2O3S/c10-16(13,14)5-1-4-15-9-3-2-7(11)6-8(9)12/h2-3,6H,1,4-5H2. The molecule has 0 heterocycles. The van der Waals surface area contributed by atoms with E-state index in [0.29, 0.717) is 6.07 Å². The molecule has 0 N–H and O–H groups in total. The van der Waals surface area contributed by atoms with Gasteiger partial charge in [0.05, 0.1) is 12.4 Å². The molecule has 0 atom stereocenters. The lowest BCUT2D eigenvalue weighted by Gasteiger charge is -2.06. The fraction of sp³-hybridized carbons (Fsp3) is 0.333. The monoisotopic (exact) mass is 270 g/mol. The van der Waals surface area contributed by atoms with E-state index in [4.69, 9.17) is 15.4 Å². The van der Waals surface area contributed by atoms with Crippen molar-refractivity contribution >= 4 is 19.7 Å². The zero-order valence-electron chi connectivity index (χ0n) is 8.12. The van der Waals surface area contributed by atoms with Gasteiger partial charge in [0, 0.05) is 16.7 Å². The Labute approximate surface area is 96.4 Å². The van der Waals surface area contributed by atoms with Crippen molar-refractivity contribution in [3.05, 3.63) is 29.8 Å². The van der Waals surface area contributed by atoms with Gasteiger partial charge in [-0.3, -0.25) is 0 Å². The number of ether oxygens (including phenoxy) is 1. The SMILES string of the molecule is O=S(=O)(Cl)CCCOc1ccc(F)cc1F. The van der Waals surface area contributed by atoms with Gasteiger partial charge in [-0.25, -0.2) is 17.2 Å². The molecule has 0 bridgehead atoms. The molecule has 0 aliphatic heterocycles. The number of benzene rings is 1. The Morgan fingerprint density at radius 3 is 2.56 bits per heavy atom.